The second-order valence-corrected chi connectivity index (χ2v) is 4.82. The summed E-state index contributed by atoms with van der Waals surface area (Å²) in [5.41, 5.74) is -0.506. The molecule has 0 bridgehead atoms. The standard InChI is InChI=1S/C13H15F2NO/c1-13(7-2-3-8-13)16-12(17)9-5-4-6-10(14)11(9)15/h4-6H,2-3,7-8H2,1H3,(H,16,17). The fourth-order valence-corrected chi connectivity index (χ4v) is 2.30. The van der Waals surface area contributed by atoms with E-state index >= 15 is 0 Å². The third-order valence-corrected chi connectivity index (χ3v) is 3.32. The van der Waals surface area contributed by atoms with Crippen molar-refractivity contribution in [3.8, 4) is 0 Å². The van der Waals surface area contributed by atoms with Gasteiger partial charge in [-0.2, -0.15) is 0 Å². The van der Waals surface area contributed by atoms with E-state index in [0.717, 1.165) is 31.7 Å². The molecule has 0 saturated heterocycles. The van der Waals surface area contributed by atoms with E-state index in [1.807, 2.05) is 6.92 Å². The molecule has 1 aromatic rings. The Hall–Kier alpha value is -1.45. The van der Waals surface area contributed by atoms with Crippen molar-refractivity contribution in [1.29, 1.82) is 0 Å². The summed E-state index contributed by atoms with van der Waals surface area (Å²) in [5.74, 6) is -2.60. The molecule has 1 amide bonds. The van der Waals surface area contributed by atoms with E-state index in [9.17, 15) is 13.6 Å². The van der Waals surface area contributed by atoms with Crippen molar-refractivity contribution in [2.24, 2.45) is 0 Å². The molecule has 17 heavy (non-hydrogen) atoms. The molecule has 0 radical (unpaired) electrons. The Morgan fingerprint density at radius 3 is 2.59 bits per heavy atom. The van der Waals surface area contributed by atoms with Gasteiger partial charge in [0.05, 0.1) is 5.56 Å². The summed E-state index contributed by atoms with van der Waals surface area (Å²) in [4.78, 5) is 11.9. The van der Waals surface area contributed by atoms with E-state index in [-0.39, 0.29) is 11.1 Å². The quantitative estimate of drug-likeness (QED) is 0.844. The summed E-state index contributed by atoms with van der Waals surface area (Å²) in [6.07, 6.45) is 3.89. The molecule has 1 saturated carbocycles. The molecule has 0 heterocycles. The number of rotatable bonds is 2. The molecule has 1 aromatic carbocycles. The van der Waals surface area contributed by atoms with E-state index in [0.29, 0.717) is 0 Å². The summed E-state index contributed by atoms with van der Waals surface area (Å²) in [6, 6.07) is 3.64. The highest BCUT2D eigenvalue weighted by Gasteiger charge is 2.31. The van der Waals surface area contributed by atoms with Crippen molar-refractivity contribution in [3.63, 3.8) is 0 Å². The first kappa shape index (κ1) is 12.0. The molecule has 0 spiro atoms. The van der Waals surface area contributed by atoms with Gasteiger partial charge in [-0.15, -0.1) is 0 Å². The molecule has 0 aromatic heterocycles. The lowest BCUT2D eigenvalue weighted by Gasteiger charge is -2.25. The second kappa shape index (κ2) is 4.43. The van der Waals surface area contributed by atoms with Gasteiger partial charge < -0.3 is 5.32 Å². The summed E-state index contributed by atoms with van der Waals surface area (Å²) < 4.78 is 26.4. The van der Waals surface area contributed by atoms with Gasteiger partial charge in [0, 0.05) is 5.54 Å². The van der Waals surface area contributed by atoms with Gasteiger partial charge in [-0.1, -0.05) is 18.9 Å². The van der Waals surface area contributed by atoms with Gasteiger partial charge in [-0.05, 0) is 31.9 Å². The van der Waals surface area contributed by atoms with Gasteiger partial charge in [0.25, 0.3) is 5.91 Å². The number of halogens is 2. The van der Waals surface area contributed by atoms with Crippen LogP contribution in [0.5, 0.6) is 0 Å². The molecule has 1 fully saturated rings. The summed E-state index contributed by atoms with van der Waals surface area (Å²) in [6.45, 7) is 1.94. The number of carbonyl (C=O) groups excluding carboxylic acids is 1. The van der Waals surface area contributed by atoms with E-state index in [1.54, 1.807) is 0 Å². The fraction of sp³-hybridized carbons (Fsp3) is 0.462. The predicted molar refractivity (Wildman–Crippen MR) is 60.7 cm³/mol. The molecule has 2 nitrogen and oxygen atoms in total. The van der Waals surface area contributed by atoms with Crippen LogP contribution in [0.25, 0.3) is 0 Å². The zero-order valence-electron chi connectivity index (χ0n) is 9.72. The maximum atomic E-state index is 13.4. The maximum absolute atomic E-state index is 13.4. The molecule has 1 aliphatic carbocycles. The highest BCUT2D eigenvalue weighted by atomic mass is 19.2. The topological polar surface area (TPSA) is 29.1 Å². The SMILES string of the molecule is CC1(NC(=O)c2cccc(F)c2F)CCCC1. The zero-order valence-corrected chi connectivity index (χ0v) is 9.72. The molecule has 1 aliphatic rings. The molecular formula is C13H15F2NO. The Balaban J connectivity index is 2.17. The van der Waals surface area contributed by atoms with E-state index in [4.69, 9.17) is 0 Å². The molecule has 1 N–H and O–H groups in total. The third kappa shape index (κ3) is 2.46. The Morgan fingerprint density at radius 1 is 1.29 bits per heavy atom. The number of amides is 1. The molecule has 0 atom stereocenters. The molecule has 92 valence electrons. The Morgan fingerprint density at radius 2 is 1.94 bits per heavy atom. The zero-order chi connectivity index (χ0) is 12.5. The first-order valence-electron chi connectivity index (χ1n) is 5.78. The first-order valence-corrected chi connectivity index (χ1v) is 5.78. The minimum absolute atomic E-state index is 0.224. The molecule has 0 aliphatic heterocycles. The van der Waals surface area contributed by atoms with Crippen molar-refractivity contribution >= 4 is 5.91 Å². The predicted octanol–water partition coefficient (Wildman–Crippen LogP) is 3.03. The monoisotopic (exact) mass is 239 g/mol. The molecule has 4 heteroatoms. The highest BCUT2D eigenvalue weighted by molar-refractivity contribution is 5.95. The lowest BCUT2D eigenvalue weighted by Crippen LogP contribution is -2.43. The number of hydrogen-bond acceptors (Lipinski definition) is 1. The van der Waals surface area contributed by atoms with Gasteiger partial charge in [0.15, 0.2) is 11.6 Å². The normalized spacial score (nSPS) is 18.1. The van der Waals surface area contributed by atoms with Crippen LogP contribution in [0.2, 0.25) is 0 Å². The van der Waals surface area contributed by atoms with Crippen LogP contribution in [0.15, 0.2) is 18.2 Å². The van der Waals surface area contributed by atoms with Gasteiger partial charge in [0.1, 0.15) is 0 Å². The summed E-state index contributed by atoms with van der Waals surface area (Å²) in [7, 11) is 0. The molecular weight excluding hydrogens is 224 g/mol. The van der Waals surface area contributed by atoms with Crippen molar-refractivity contribution in [1.82, 2.24) is 5.32 Å². The van der Waals surface area contributed by atoms with E-state index in [1.165, 1.54) is 12.1 Å². The number of benzene rings is 1. The van der Waals surface area contributed by atoms with Crippen molar-refractivity contribution in [2.45, 2.75) is 38.1 Å². The maximum Gasteiger partial charge on any atom is 0.254 e. The average Bonchev–Trinajstić information content (AvgIpc) is 2.68. The van der Waals surface area contributed by atoms with Gasteiger partial charge in [-0.25, -0.2) is 8.78 Å². The van der Waals surface area contributed by atoms with E-state index < -0.39 is 17.5 Å². The van der Waals surface area contributed by atoms with Crippen LogP contribution in [0.4, 0.5) is 8.78 Å². The summed E-state index contributed by atoms with van der Waals surface area (Å²) >= 11 is 0. The average molecular weight is 239 g/mol. The first-order chi connectivity index (χ1) is 8.02. The van der Waals surface area contributed by atoms with Crippen LogP contribution in [0.3, 0.4) is 0 Å². The number of hydrogen-bond donors (Lipinski definition) is 1. The van der Waals surface area contributed by atoms with Crippen LogP contribution in [-0.2, 0) is 0 Å². The number of carbonyl (C=O) groups is 1. The Kier molecular flexibility index (Phi) is 3.13. The van der Waals surface area contributed by atoms with Crippen LogP contribution in [0, 0.1) is 11.6 Å². The van der Waals surface area contributed by atoms with Crippen LogP contribution >= 0.6 is 0 Å². The fourth-order valence-electron chi connectivity index (χ4n) is 2.30. The lowest BCUT2D eigenvalue weighted by molar-refractivity contribution is 0.0903. The van der Waals surface area contributed by atoms with E-state index in [2.05, 4.69) is 5.32 Å². The van der Waals surface area contributed by atoms with Crippen LogP contribution < -0.4 is 5.32 Å². The minimum atomic E-state index is -1.08. The summed E-state index contributed by atoms with van der Waals surface area (Å²) in [5, 5.41) is 2.79. The van der Waals surface area contributed by atoms with Crippen molar-refractivity contribution < 1.29 is 13.6 Å². The minimum Gasteiger partial charge on any atom is -0.347 e. The van der Waals surface area contributed by atoms with Crippen molar-refractivity contribution in [3.05, 3.63) is 35.4 Å². The van der Waals surface area contributed by atoms with Crippen molar-refractivity contribution in [2.75, 3.05) is 0 Å². The Bertz CT molecular complexity index is 439. The lowest BCUT2D eigenvalue weighted by atomic mass is 10.00. The van der Waals surface area contributed by atoms with Crippen LogP contribution in [0.1, 0.15) is 43.0 Å². The highest BCUT2D eigenvalue weighted by Crippen LogP contribution is 2.29. The molecule has 2 rings (SSSR count). The van der Waals surface area contributed by atoms with Crippen LogP contribution in [-0.4, -0.2) is 11.4 Å². The largest absolute Gasteiger partial charge is 0.347 e. The smallest absolute Gasteiger partial charge is 0.254 e. The third-order valence-electron chi connectivity index (χ3n) is 3.32. The van der Waals surface area contributed by atoms with Gasteiger partial charge >= 0.3 is 0 Å². The second-order valence-electron chi connectivity index (χ2n) is 4.82. The number of nitrogens with one attached hydrogen (secondary N) is 1. The van der Waals surface area contributed by atoms with Gasteiger partial charge in [0.2, 0.25) is 0 Å². The van der Waals surface area contributed by atoms with Gasteiger partial charge in [-0.3, -0.25) is 4.79 Å². The molecule has 0 unspecified atom stereocenters. The Labute approximate surface area is 99.0 Å².